The van der Waals surface area contributed by atoms with E-state index in [2.05, 4.69) is 9.97 Å². The van der Waals surface area contributed by atoms with Gasteiger partial charge in [-0.05, 0) is 48.7 Å². The Morgan fingerprint density at radius 1 is 1.12 bits per heavy atom. The van der Waals surface area contributed by atoms with Gasteiger partial charge in [-0.1, -0.05) is 31.2 Å². The number of aryl methyl sites for hydroxylation is 1. The monoisotopic (exact) mass is 459 g/mol. The van der Waals surface area contributed by atoms with Gasteiger partial charge in [0.05, 0.1) is 11.3 Å². The lowest BCUT2D eigenvalue weighted by Gasteiger charge is -2.23. The van der Waals surface area contributed by atoms with Gasteiger partial charge in [0.15, 0.2) is 6.61 Å². The summed E-state index contributed by atoms with van der Waals surface area (Å²) in [6.45, 7) is 4.64. The molecule has 0 aliphatic rings. The van der Waals surface area contributed by atoms with Crippen LogP contribution in [0.1, 0.15) is 30.0 Å². The first-order chi connectivity index (χ1) is 15.7. The molecule has 0 bridgehead atoms. The van der Waals surface area contributed by atoms with E-state index in [1.807, 2.05) is 30.9 Å². The molecule has 0 unspecified atom stereocenters. The minimum Gasteiger partial charge on any atom is -0.482 e. The number of benzene rings is 2. The zero-order valence-electron chi connectivity index (χ0n) is 18.3. The number of carboxylic acid groups (broad SMARTS) is 1. The fourth-order valence-corrected chi connectivity index (χ4v) is 3.34. The zero-order valence-corrected chi connectivity index (χ0v) is 18.3. The molecule has 1 aromatic heterocycles. The summed E-state index contributed by atoms with van der Waals surface area (Å²) in [6, 6.07) is 12.0. The van der Waals surface area contributed by atoms with Crippen LogP contribution in [-0.2, 0) is 17.5 Å². The van der Waals surface area contributed by atoms with E-state index in [-0.39, 0.29) is 0 Å². The van der Waals surface area contributed by atoms with Gasteiger partial charge in [-0.3, -0.25) is 0 Å². The molecule has 174 valence electrons. The minimum absolute atomic E-state index is 0.410. The van der Waals surface area contributed by atoms with Crippen LogP contribution in [-0.4, -0.2) is 34.2 Å². The van der Waals surface area contributed by atoms with Crippen molar-refractivity contribution in [2.45, 2.75) is 33.0 Å². The first-order valence-electron chi connectivity index (χ1n) is 10.4. The van der Waals surface area contributed by atoms with Crippen molar-refractivity contribution in [3.05, 3.63) is 71.4 Å². The molecule has 9 heteroatoms. The fraction of sp³-hybridized carbons (Fsp3) is 0.292. The first-order valence-corrected chi connectivity index (χ1v) is 10.4. The third-order valence-corrected chi connectivity index (χ3v) is 4.89. The van der Waals surface area contributed by atoms with Gasteiger partial charge in [-0.25, -0.2) is 14.8 Å². The van der Waals surface area contributed by atoms with Crippen molar-refractivity contribution in [1.82, 2.24) is 9.97 Å². The predicted octanol–water partition coefficient (Wildman–Crippen LogP) is 5.35. The molecule has 0 aliphatic carbocycles. The quantitative estimate of drug-likeness (QED) is 0.465. The highest BCUT2D eigenvalue weighted by atomic mass is 19.4. The summed E-state index contributed by atoms with van der Waals surface area (Å²) >= 11 is 0. The number of hydrogen-bond donors (Lipinski definition) is 1. The predicted molar refractivity (Wildman–Crippen MR) is 118 cm³/mol. The van der Waals surface area contributed by atoms with Crippen LogP contribution >= 0.6 is 0 Å². The molecule has 1 N–H and O–H groups in total. The molecule has 0 atom stereocenters. The highest BCUT2D eigenvalue weighted by molar-refractivity contribution is 5.68. The second-order valence-corrected chi connectivity index (χ2v) is 7.52. The average Bonchev–Trinajstić information content (AvgIpc) is 2.78. The molecular weight excluding hydrogens is 435 g/mol. The first kappa shape index (κ1) is 24.0. The Kier molecular flexibility index (Phi) is 7.52. The van der Waals surface area contributed by atoms with Gasteiger partial charge in [0.2, 0.25) is 5.95 Å². The van der Waals surface area contributed by atoms with Crippen molar-refractivity contribution < 1.29 is 27.8 Å². The molecule has 3 aromatic rings. The van der Waals surface area contributed by atoms with Crippen LogP contribution in [0.15, 0.2) is 54.7 Å². The van der Waals surface area contributed by atoms with Crippen molar-refractivity contribution in [3.63, 3.8) is 0 Å². The second-order valence-electron chi connectivity index (χ2n) is 7.52. The van der Waals surface area contributed by atoms with Crippen LogP contribution < -0.4 is 9.64 Å². The number of aliphatic carboxylic acids is 1. The van der Waals surface area contributed by atoms with E-state index in [1.54, 1.807) is 18.3 Å². The second kappa shape index (κ2) is 10.3. The van der Waals surface area contributed by atoms with Crippen molar-refractivity contribution in [3.8, 4) is 17.0 Å². The average molecular weight is 459 g/mol. The standard InChI is InChI=1S/C24H24F3N3O3/c1-3-12-30(14-17-4-9-21(16(2)13-17)33-15-22(31)32)23-28-11-10-20(29-23)18-5-7-19(8-6-18)24(25,26)27/h4-11,13H,3,12,14-15H2,1-2H3,(H,31,32). The number of nitrogens with zero attached hydrogens (tertiary/aromatic N) is 3. The highest BCUT2D eigenvalue weighted by Gasteiger charge is 2.30. The number of carboxylic acids is 1. The van der Waals surface area contributed by atoms with E-state index < -0.39 is 24.3 Å². The normalized spacial score (nSPS) is 11.3. The van der Waals surface area contributed by atoms with Crippen LogP contribution in [0, 0.1) is 6.92 Å². The molecule has 2 aromatic carbocycles. The molecule has 0 aliphatic heterocycles. The smallest absolute Gasteiger partial charge is 0.416 e. The summed E-state index contributed by atoms with van der Waals surface area (Å²) in [5.74, 6) is -0.0699. The largest absolute Gasteiger partial charge is 0.482 e. The van der Waals surface area contributed by atoms with Crippen LogP contribution in [0.4, 0.5) is 19.1 Å². The summed E-state index contributed by atoms with van der Waals surface area (Å²) in [5.41, 5.74) is 2.17. The van der Waals surface area contributed by atoms with E-state index >= 15 is 0 Å². The summed E-state index contributed by atoms with van der Waals surface area (Å²) < 4.78 is 43.8. The number of hydrogen-bond acceptors (Lipinski definition) is 5. The summed E-state index contributed by atoms with van der Waals surface area (Å²) in [5, 5.41) is 8.78. The Balaban J connectivity index is 1.81. The number of anilines is 1. The fourth-order valence-electron chi connectivity index (χ4n) is 3.34. The minimum atomic E-state index is -4.39. The molecule has 0 spiro atoms. The lowest BCUT2D eigenvalue weighted by Crippen LogP contribution is -2.25. The molecule has 1 heterocycles. The van der Waals surface area contributed by atoms with Gasteiger partial charge in [-0.15, -0.1) is 0 Å². The summed E-state index contributed by atoms with van der Waals surface area (Å²) in [6.07, 6.45) is -1.96. The Bertz CT molecular complexity index is 1100. The topological polar surface area (TPSA) is 75.5 Å². The SMILES string of the molecule is CCCN(Cc1ccc(OCC(=O)O)c(C)c1)c1nccc(-c2ccc(C(F)(F)F)cc2)n1. The van der Waals surface area contributed by atoms with Gasteiger partial charge in [0.1, 0.15) is 5.75 Å². The highest BCUT2D eigenvalue weighted by Crippen LogP contribution is 2.31. The maximum atomic E-state index is 12.8. The van der Waals surface area contributed by atoms with Gasteiger partial charge in [0, 0.05) is 24.8 Å². The zero-order chi connectivity index (χ0) is 24.0. The molecule has 0 saturated carbocycles. The molecule has 0 saturated heterocycles. The summed E-state index contributed by atoms with van der Waals surface area (Å²) in [4.78, 5) is 21.7. The van der Waals surface area contributed by atoms with Gasteiger partial charge in [0.25, 0.3) is 0 Å². The molecule has 0 fully saturated rings. The van der Waals surface area contributed by atoms with Crippen molar-refractivity contribution in [1.29, 1.82) is 0 Å². The van der Waals surface area contributed by atoms with Crippen LogP contribution in [0.3, 0.4) is 0 Å². The third-order valence-electron chi connectivity index (χ3n) is 4.89. The van der Waals surface area contributed by atoms with E-state index in [9.17, 15) is 18.0 Å². The Morgan fingerprint density at radius 3 is 2.45 bits per heavy atom. The number of carbonyl (C=O) groups is 1. The van der Waals surface area contributed by atoms with Crippen molar-refractivity contribution >= 4 is 11.9 Å². The van der Waals surface area contributed by atoms with E-state index in [0.29, 0.717) is 36.0 Å². The van der Waals surface area contributed by atoms with Gasteiger partial charge >= 0.3 is 12.1 Å². The molecule has 0 radical (unpaired) electrons. The molecule has 33 heavy (non-hydrogen) atoms. The Hall–Kier alpha value is -3.62. The molecule has 3 rings (SSSR count). The number of halogens is 3. The number of ether oxygens (including phenoxy) is 1. The number of rotatable bonds is 9. The van der Waals surface area contributed by atoms with Crippen LogP contribution in [0.25, 0.3) is 11.3 Å². The third kappa shape index (κ3) is 6.44. The number of alkyl halides is 3. The Morgan fingerprint density at radius 2 is 1.85 bits per heavy atom. The maximum Gasteiger partial charge on any atom is 0.416 e. The number of aromatic nitrogens is 2. The van der Waals surface area contributed by atoms with Crippen molar-refractivity contribution in [2.75, 3.05) is 18.1 Å². The van der Waals surface area contributed by atoms with Crippen LogP contribution in [0.2, 0.25) is 0 Å². The van der Waals surface area contributed by atoms with E-state index in [4.69, 9.17) is 9.84 Å². The maximum absolute atomic E-state index is 12.8. The molecule has 6 nitrogen and oxygen atoms in total. The summed E-state index contributed by atoms with van der Waals surface area (Å²) in [7, 11) is 0. The van der Waals surface area contributed by atoms with E-state index in [0.717, 1.165) is 29.7 Å². The van der Waals surface area contributed by atoms with Crippen molar-refractivity contribution in [2.24, 2.45) is 0 Å². The molecular formula is C24H24F3N3O3. The Labute approximate surface area is 189 Å². The lowest BCUT2D eigenvalue weighted by atomic mass is 10.1. The molecule has 0 amide bonds. The van der Waals surface area contributed by atoms with Gasteiger partial charge < -0.3 is 14.7 Å². The van der Waals surface area contributed by atoms with Gasteiger partial charge in [-0.2, -0.15) is 13.2 Å². The van der Waals surface area contributed by atoms with E-state index in [1.165, 1.54) is 12.1 Å². The van der Waals surface area contributed by atoms with Crippen LogP contribution in [0.5, 0.6) is 5.75 Å². The lowest BCUT2D eigenvalue weighted by molar-refractivity contribution is -0.139.